The molecule has 0 spiro atoms. The molecule has 0 fully saturated rings. The Bertz CT molecular complexity index is 934. The smallest absolute Gasteiger partial charge is 0.323 e. The molecule has 1 N–H and O–H groups in total. The fraction of sp³-hybridized carbons (Fsp3) is 0.235. The van der Waals surface area contributed by atoms with Crippen LogP contribution in [0.4, 0.5) is 24.5 Å². The third kappa shape index (κ3) is 5.14. The first-order valence-electron chi connectivity index (χ1n) is 7.63. The highest BCUT2D eigenvalue weighted by Gasteiger charge is 2.32. The predicted octanol–water partition coefficient (Wildman–Crippen LogP) is 4.15. The van der Waals surface area contributed by atoms with Crippen LogP contribution in [0.1, 0.15) is 12.5 Å². The Kier molecular flexibility index (Phi) is 6.06. The Hall–Kier alpha value is -2.26. The average Bonchev–Trinajstić information content (AvgIpc) is 2.55. The Balaban J connectivity index is 2.34. The molecule has 2 aromatic carbocycles. The molecule has 0 aliphatic heterocycles. The van der Waals surface area contributed by atoms with Gasteiger partial charge in [-0.15, -0.1) is 0 Å². The maximum atomic E-state index is 12.9. The Morgan fingerprint density at radius 1 is 1.15 bits per heavy atom. The summed E-state index contributed by atoms with van der Waals surface area (Å²) in [5.41, 5.74) is -1.000. The topological polar surface area (TPSA) is 66.5 Å². The molecule has 5 nitrogen and oxygen atoms in total. The molecular weight excluding hydrogens is 405 g/mol. The van der Waals surface area contributed by atoms with Crippen LogP contribution in [-0.2, 0) is 21.0 Å². The van der Waals surface area contributed by atoms with Crippen molar-refractivity contribution in [1.29, 1.82) is 0 Å². The lowest BCUT2D eigenvalue weighted by Crippen LogP contribution is -2.45. The molecule has 27 heavy (non-hydrogen) atoms. The van der Waals surface area contributed by atoms with Gasteiger partial charge in [-0.25, -0.2) is 8.42 Å². The maximum Gasteiger partial charge on any atom is 0.416 e. The van der Waals surface area contributed by atoms with Crippen molar-refractivity contribution in [3.63, 3.8) is 0 Å². The summed E-state index contributed by atoms with van der Waals surface area (Å²) in [6.45, 7) is 1.32. The molecule has 0 saturated carbocycles. The van der Waals surface area contributed by atoms with Crippen molar-refractivity contribution in [2.75, 3.05) is 15.9 Å². The quantitative estimate of drug-likeness (QED) is 0.790. The highest BCUT2D eigenvalue weighted by molar-refractivity contribution is 7.92. The second-order valence-corrected chi connectivity index (χ2v) is 8.02. The van der Waals surface area contributed by atoms with Crippen LogP contribution in [-0.4, -0.2) is 26.6 Å². The zero-order valence-electron chi connectivity index (χ0n) is 14.3. The van der Waals surface area contributed by atoms with Crippen LogP contribution in [0.2, 0.25) is 5.02 Å². The SMILES string of the molecule is C[C@H](C(=O)Nc1cc(C(F)(F)F)ccc1Cl)N(c1ccccc1)S(C)(=O)=O. The zero-order chi connectivity index (χ0) is 20.4. The number of halogens is 4. The number of nitrogens with one attached hydrogen (secondary N) is 1. The molecular formula is C17H16ClF3N2O3S. The van der Waals surface area contributed by atoms with Crippen LogP contribution >= 0.6 is 11.6 Å². The predicted molar refractivity (Wildman–Crippen MR) is 98.3 cm³/mol. The van der Waals surface area contributed by atoms with Crippen LogP contribution in [0.25, 0.3) is 0 Å². The fourth-order valence-corrected chi connectivity index (χ4v) is 3.76. The molecule has 0 saturated heterocycles. The third-order valence-electron chi connectivity index (χ3n) is 3.65. The number of anilines is 2. The van der Waals surface area contributed by atoms with E-state index in [4.69, 9.17) is 11.6 Å². The van der Waals surface area contributed by atoms with Crippen molar-refractivity contribution < 1.29 is 26.4 Å². The van der Waals surface area contributed by atoms with Gasteiger partial charge < -0.3 is 5.32 Å². The zero-order valence-corrected chi connectivity index (χ0v) is 15.9. The van der Waals surface area contributed by atoms with Crippen molar-refractivity contribution >= 4 is 38.9 Å². The van der Waals surface area contributed by atoms with E-state index in [1.54, 1.807) is 18.2 Å². The molecule has 0 aliphatic carbocycles. The third-order valence-corrected chi connectivity index (χ3v) is 5.22. The lowest BCUT2D eigenvalue weighted by atomic mass is 10.2. The van der Waals surface area contributed by atoms with E-state index in [1.165, 1.54) is 19.1 Å². The molecule has 146 valence electrons. The van der Waals surface area contributed by atoms with Crippen molar-refractivity contribution in [3.8, 4) is 0 Å². The number of benzene rings is 2. The second kappa shape index (κ2) is 7.77. The van der Waals surface area contributed by atoms with Gasteiger partial charge in [0.2, 0.25) is 15.9 Å². The highest BCUT2D eigenvalue weighted by atomic mass is 35.5. The van der Waals surface area contributed by atoms with Gasteiger partial charge in [0.05, 0.1) is 28.2 Å². The monoisotopic (exact) mass is 420 g/mol. The summed E-state index contributed by atoms with van der Waals surface area (Å²) >= 11 is 5.87. The minimum atomic E-state index is -4.61. The molecule has 1 atom stereocenters. The van der Waals surface area contributed by atoms with Gasteiger partial charge in [-0.1, -0.05) is 29.8 Å². The minimum Gasteiger partial charge on any atom is -0.323 e. The van der Waals surface area contributed by atoms with Crippen LogP contribution in [0.5, 0.6) is 0 Å². The lowest BCUT2D eigenvalue weighted by molar-refractivity contribution is -0.137. The van der Waals surface area contributed by atoms with E-state index in [9.17, 15) is 26.4 Å². The summed E-state index contributed by atoms with van der Waals surface area (Å²) in [6.07, 6.45) is -3.68. The summed E-state index contributed by atoms with van der Waals surface area (Å²) in [6, 6.07) is 9.14. The van der Waals surface area contributed by atoms with Crippen LogP contribution in [0.3, 0.4) is 0 Å². The first kappa shape index (κ1) is 21.0. The standard InChI is InChI=1S/C17H16ClF3N2O3S/c1-11(23(27(2,25)26)13-6-4-3-5-7-13)16(24)22-15-10-12(17(19,20)21)8-9-14(15)18/h3-11H,1-2H3,(H,22,24)/t11-/m1/s1. The van der Waals surface area contributed by atoms with E-state index in [1.807, 2.05) is 0 Å². The number of hydrogen-bond donors (Lipinski definition) is 1. The van der Waals surface area contributed by atoms with Crippen molar-refractivity contribution in [2.45, 2.75) is 19.1 Å². The average molecular weight is 421 g/mol. The number of nitrogens with zero attached hydrogens (tertiary/aromatic N) is 1. The number of carbonyl (C=O) groups excluding carboxylic acids is 1. The summed E-state index contributed by atoms with van der Waals surface area (Å²) in [5, 5.41) is 2.17. The van der Waals surface area contributed by atoms with Crippen molar-refractivity contribution in [2.24, 2.45) is 0 Å². The first-order valence-corrected chi connectivity index (χ1v) is 9.86. The van der Waals surface area contributed by atoms with Crippen LogP contribution in [0, 0.1) is 0 Å². The fourth-order valence-electron chi connectivity index (χ4n) is 2.42. The molecule has 2 rings (SSSR count). The van der Waals surface area contributed by atoms with Gasteiger partial charge in [0.25, 0.3) is 0 Å². The van der Waals surface area contributed by atoms with Gasteiger partial charge in [0.1, 0.15) is 6.04 Å². The van der Waals surface area contributed by atoms with Gasteiger partial charge >= 0.3 is 6.18 Å². The molecule has 1 amide bonds. The van der Waals surface area contributed by atoms with E-state index < -0.39 is 33.7 Å². The summed E-state index contributed by atoms with van der Waals surface area (Å²) < 4.78 is 63.8. The number of rotatable bonds is 5. The molecule has 0 unspecified atom stereocenters. The Morgan fingerprint density at radius 3 is 2.26 bits per heavy atom. The lowest BCUT2D eigenvalue weighted by Gasteiger charge is -2.28. The van der Waals surface area contributed by atoms with Crippen molar-refractivity contribution in [1.82, 2.24) is 0 Å². The molecule has 10 heteroatoms. The van der Waals surface area contributed by atoms with Gasteiger partial charge in [-0.3, -0.25) is 9.10 Å². The van der Waals surface area contributed by atoms with Crippen molar-refractivity contribution in [3.05, 3.63) is 59.1 Å². The number of carbonyl (C=O) groups is 1. The van der Waals surface area contributed by atoms with Crippen LogP contribution < -0.4 is 9.62 Å². The summed E-state index contributed by atoms with van der Waals surface area (Å²) in [7, 11) is -3.84. The molecule has 0 aromatic heterocycles. The first-order chi connectivity index (χ1) is 12.4. The summed E-state index contributed by atoms with van der Waals surface area (Å²) in [4.78, 5) is 12.5. The molecule has 0 heterocycles. The number of para-hydroxylation sites is 1. The van der Waals surface area contributed by atoms with E-state index in [-0.39, 0.29) is 16.4 Å². The minimum absolute atomic E-state index is 0.103. The van der Waals surface area contributed by atoms with Gasteiger partial charge in [-0.05, 0) is 37.3 Å². The summed E-state index contributed by atoms with van der Waals surface area (Å²) in [5.74, 6) is -0.828. The Morgan fingerprint density at radius 2 is 1.74 bits per heavy atom. The molecule has 0 radical (unpaired) electrons. The molecule has 0 bridgehead atoms. The van der Waals surface area contributed by atoms with Gasteiger partial charge in [-0.2, -0.15) is 13.2 Å². The van der Waals surface area contributed by atoms with Crippen LogP contribution in [0.15, 0.2) is 48.5 Å². The molecule has 2 aromatic rings. The highest BCUT2D eigenvalue weighted by Crippen LogP contribution is 2.34. The number of hydrogen-bond acceptors (Lipinski definition) is 3. The van der Waals surface area contributed by atoms with E-state index in [0.29, 0.717) is 6.07 Å². The van der Waals surface area contributed by atoms with E-state index in [2.05, 4.69) is 5.32 Å². The van der Waals surface area contributed by atoms with Gasteiger partial charge in [0, 0.05) is 0 Å². The van der Waals surface area contributed by atoms with E-state index >= 15 is 0 Å². The van der Waals surface area contributed by atoms with Gasteiger partial charge in [0.15, 0.2) is 0 Å². The molecule has 0 aliphatic rings. The number of alkyl halides is 3. The normalized spacial score (nSPS) is 13.1. The Labute approximate surface area is 159 Å². The maximum absolute atomic E-state index is 12.9. The number of sulfonamides is 1. The largest absolute Gasteiger partial charge is 0.416 e. The number of amides is 1. The second-order valence-electron chi connectivity index (χ2n) is 5.75. The van der Waals surface area contributed by atoms with E-state index in [0.717, 1.165) is 22.7 Å².